The predicted molar refractivity (Wildman–Crippen MR) is 81.8 cm³/mol. The fourth-order valence-electron chi connectivity index (χ4n) is 3.17. The summed E-state index contributed by atoms with van der Waals surface area (Å²) in [5, 5.41) is 3.25. The summed E-state index contributed by atoms with van der Waals surface area (Å²) in [5.74, 6) is 0. The van der Waals surface area contributed by atoms with Crippen LogP contribution in [0, 0.1) is 5.41 Å². The molecule has 1 heterocycles. The van der Waals surface area contributed by atoms with Crippen molar-refractivity contribution in [1.29, 1.82) is 0 Å². The summed E-state index contributed by atoms with van der Waals surface area (Å²) >= 11 is 0. The van der Waals surface area contributed by atoms with Crippen LogP contribution in [0.25, 0.3) is 0 Å². The van der Waals surface area contributed by atoms with Crippen LogP contribution < -0.4 is 5.32 Å². The summed E-state index contributed by atoms with van der Waals surface area (Å²) in [4.78, 5) is 0. The van der Waals surface area contributed by atoms with Crippen molar-refractivity contribution in [2.45, 2.75) is 52.0 Å². The SMILES string of the molecule is CN(C1CCC(C)(C)CC1)S(=O)(=O)N1CCCNCC1. The van der Waals surface area contributed by atoms with Gasteiger partial charge >= 0.3 is 0 Å². The van der Waals surface area contributed by atoms with Crippen molar-refractivity contribution < 1.29 is 8.42 Å². The predicted octanol–water partition coefficient (Wildman–Crippen LogP) is 1.43. The Labute approximate surface area is 123 Å². The lowest BCUT2D eigenvalue weighted by Gasteiger charge is -2.39. The summed E-state index contributed by atoms with van der Waals surface area (Å²) in [6.07, 6.45) is 5.08. The molecule has 0 aromatic heterocycles. The van der Waals surface area contributed by atoms with E-state index in [1.54, 1.807) is 15.7 Å². The maximum atomic E-state index is 12.7. The molecule has 6 heteroatoms. The summed E-state index contributed by atoms with van der Waals surface area (Å²) in [6, 6.07) is 0.171. The summed E-state index contributed by atoms with van der Waals surface area (Å²) in [5.41, 5.74) is 0.369. The molecule has 0 aromatic carbocycles. The molecule has 1 saturated carbocycles. The summed E-state index contributed by atoms with van der Waals surface area (Å²) in [7, 11) is -1.54. The van der Waals surface area contributed by atoms with Crippen molar-refractivity contribution in [3.63, 3.8) is 0 Å². The maximum Gasteiger partial charge on any atom is 0.282 e. The third-order valence-corrected chi connectivity index (χ3v) is 6.86. The minimum absolute atomic E-state index is 0.171. The zero-order valence-electron chi connectivity index (χ0n) is 13.1. The Hall–Kier alpha value is -0.170. The minimum atomic E-state index is -3.30. The lowest BCUT2D eigenvalue weighted by Crippen LogP contribution is -2.49. The topological polar surface area (TPSA) is 52.7 Å². The molecule has 0 spiro atoms. The van der Waals surface area contributed by atoms with Crippen molar-refractivity contribution in [3.05, 3.63) is 0 Å². The van der Waals surface area contributed by atoms with Crippen LogP contribution in [0.1, 0.15) is 46.0 Å². The molecule has 0 atom stereocenters. The van der Waals surface area contributed by atoms with Crippen molar-refractivity contribution in [2.75, 3.05) is 33.2 Å². The highest BCUT2D eigenvalue weighted by Crippen LogP contribution is 2.37. The van der Waals surface area contributed by atoms with Crippen LogP contribution in [0.3, 0.4) is 0 Å². The van der Waals surface area contributed by atoms with Crippen LogP contribution in [0.5, 0.6) is 0 Å². The molecule has 0 radical (unpaired) electrons. The summed E-state index contributed by atoms with van der Waals surface area (Å²) < 4.78 is 28.7. The average Bonchev–Trinajstić information content (AvgIpc) is 2.67. The number of nitrogens with one attached hydrogen (secondary N) is 1. The first-order chi connectivity index (χ1) is 9.33. The highest BCUT2D eigenvalue weighted by molar-refractivity contribution is 7.86. The van der Waals surface area contributed by atoms with Gasteiger partial charge in [-0.15, -0.1) is 0 Å². The van der Waals surface area contributed by atoms with E-state index < -0.39 is 10.2 Å². The lowest BCUT2D eigenvalue weighted by molar-refractivity contribution is 0.169. The number of hydrogen-bond donors (Lipinski definition) is 1. The van der Waals surface area contributed by atoms with Gasteiger partial charge in [-0.25, -0.2) is 0 Å². The Balaban J connectivity index is 2.01. The molecule has 0 amide bonds. The zero-order valence-corrected chi connectivity index (χ0v) is 13.9. The van der Waals surface area contributed by atoms with Gasteiger partial charge in [0.1, 0.15) is 0 Å². The first-order valence-electron chi connectivity index (χ1n) is 7.77. The maximum absolute atomic E-state index is 12.7. The monoisotopic (exact) mass is 303 g/mol. The molecule has 2 aliphatic rings. The third kappa shape index (κ3) is 3.72. The van der Waals surface area contributed by atoms with E-state index in [1.807, 2.05) is 0 Å². The number of hydrogen-bond acceptors (Lipinski definition) is 3. The van der Waals surface area contributed by atoms with Gasteiger partial charge in [-0.2, -0.15) is 17.0 Å². The van der Waals surface area contributed by atoms with E-state index in [-0.39, 0.29) is 6.04 Å². The Morgan fingerprint density at radius 2 is 1.80 bits per heavy atom. The second kappa shape index (κ2) is 6.30. The molecular formula is C14H29N3O2S. The van der Waals surface area contributed by atoms with Gasteiger partial charge in [0.2, 0.25) is 0 Å². The quantitative estimate of drug-likeness (QED) is 0.858. The van der Waals surface area contributed by atoms with E-state index in [0.29, 0.717) is 18.5 Å². The van der Waals surface area contributed by atoms with Crippen molar-refractivity contribution in [2.24, 2.45) is 5.41 Å². The Morgan fingerprint density at radius 1 is 1.15 bits per heavy atom. The van der Waals surface area contributed by atoms with Crippen LogP contribution in [-0.2, 0) is 10.2 Å². The average molecular weight is 303 g/mol. The molecule has 0 aromatic rings. The third-order valence-electron chi connectivity index (χ3n) is 4.81. The van der Waals surface area contributed by atoms with Crippen LogP contribution >= 0.6 is 0 Å². The normalized spacial score (nSPS) is 26.6. The Morgan fingerprint density at radius 3 is 2.45 bits per heavy atom. The number of nitrogens with zero attached hydrogens (tertiary/aromatic N) is 2. The van der Waals surface area contributed by atoms with Crippen molar-refractivity contribution in [3.8, 4) is 0 Å². The Kier molecular flexibility index (Phi) is 5.10. The van der Waals surface area contributed by atoms with Gasteiger partial charge < -0.3 is 5.32 Å². The molecule has 1 N–H and O–H groups in total. The van der Waals surface area contributed by atoms with E-state index in [0.717, 1.165) is 45.2 Å². The van der Waals surface area contributed by atoms with E-state index in [1.165, 1.54) is 0 Å². The second-order valence-corrected chi connectivity index (χ2v) is 8.91. The molecule has 118 valence electrons. The van der Waals surface area contributed by atoms with Gasteiger partial charge in [0.05, 0.1) is 0 Å². The number of rotatable bonds is 3. The van der Waals surface area contributed by atoms with Gasteiger partial charge in [-0.1, -0.05) is 13.8 Å². The lowest BCUT2D eigenvalue weighted by atomic mass is 9.76. The fraction of sp³-hybridized carbons (Fsp3) is 1.00. The molecule has 1 aliphatic heterocycles. The van der Waals surface area contributed by atoms with E-state index in [9.17, 15) is 8.42 Å². The van der Waals surface area contributed by atoms with E-state index >= 15 is 0 Å². The van der Waals surface area contributed by atoms with Crippen molar-refractivity contribution in [1.82, 2.24) is 13.9 Å². The van der Waals surface area contributed by atoms with Crippen LogP contribution in [0.2, 0.25) is 0 Å². The highest BCUT2D eigenvalue weighted by Gasteiger charge is 2.36. The largest absolute Gasteiger partial charge is 0.315 e. The fourth-order valence-corrected chi connectivity index (χ4v) is 4.80. The van der Waals surface area contributed by atoms with E-state index in [2.05, 4.69) is 19.2 Å². The molecular weight excluding hydrogens is 274 g/mol. The Bertz CT molecular complexity index is 404. The standard InChI is InChI=1S/C14H29N3O2S/c1-14(2)7-5-13(6-8-14)16(3)20(18,19)17-11-4-9-15-10-12-17/h13,15H,4-12H2,1-3H3. The van der Waals surface area contributed by atoms with Crippen LogP contribution in [-0.4, -0.2) is 56.3 Å². The van der Waals surface area contributed by atoms with Gasteiger partial charge in [-0.3, -0.25) is 0 Å². The molecule has 20 heavy (non-hydrogen) atoms. The smallest absolute Gasteiger partial charge is 0.282 e. The second-order valence-electron chi connectivity index (χ2n) is 6.92. The molecule has 2 fully saturated rings. The molecule has 5 nitrogen and oxygen atoms in total. The molecule has 2 rings (SSSR count). The highest BCUT2D eigenvalue weighted by atomic mass is 32.2. The van der Waals surface area contributed by atoms with Gasteiger partial charge in [0.25, 0.3) is 10.2 Å². The van der Waals surface area contributed by atoms with Gasteiger partial charge in [0.15, 0.2) is 0 Å². The first kappa shape index (κ1) is 16.2. The van der Waals surface area contributed by atoms with Gasteiger partial charge in [0, 0.05) is 32.7 Å². The molecule has 1 aliphatic carbocycles. The molecule has 0 unspecified atom stereocenters. The first-order valence-corrected chi connectivity index (χ1v) is 9.16. The van der Waals surface area contributed by atoms with Crippen LogP contribution in [0.15, 0.2) is 0 Å². The zero-order chi connectivity index (χ0) is 14.8. The van der Waals surface area contributed by atoms with Crippen molar-refractivity contribution >= 4 is 10.2 Å². The minimum Gasteiger partial charge on any atom is -0.315 e. The summed E-state index contributed by atoms with van der Waals surface area (Å²) in [6.45, 7) is 7.44. The molecule has 1 saturated heterocycles. The van der Waals surface area contributed by atoms with E-state index in [4.69, 9.17) is 0 Å². The van der Waals surface area contributed by atoms with Crippen LogP contribution in [0.4, 0.5) is 0 Å². The van der Waals surface area contributed by atoms with Gasteiger partial charge in [-0.05, 0) is 44.1 Å². The molecule has 0 bridgehead atoms.